The van der Waals surface area contributed by atoms with E-state index in [0.717, 1.165) is 38.0 Å². The standard InChI is InChI=1S/C21H28N4O2/c1-27-16-20(18-5-3-2-4-6-18)24-21(26)23-19-9-13-25(14-10-19)15-17-7-11-22-12-8-17/h2-8,11-12,19-20H,9-10,13-16H2,1H3,(H2,23,24,26). The summed E-state index contributed by atoms with van der Waals surface area (Å²) in [5.74, 6) is 0. The van der Waals surface area contributed by atoms with Crippen molar-refractivity contribution in [3.05, 3.63) is 66.0 Å². The van der Waals surface area contributed by atoms with Gasteiger partial charge in [-0.2, -0.15) is 0 Å². The van der Waals surface area contributed by atoms with Crippen LogP contribution in [0.25, 0.3) is 0 Å². The monoisotopic (exact) mass is 368 g/mol. The second-order valence-corrected chi connectivity index (χ2v) is 6.94. The molecule has 2 amide bonds. The number of likely N-dealkylation sites (tertiary alicyclic amines) is 1. The van der Waals surface area contributed by atoms with E-state index in [1.807, 2.05) is 42.7 Å². The Hall–Kier alpha value is -2.44. The van der Waals surface area contributed by atoms with Crippen molar-refractivity contribution < 1.29 is 9.53 Å². The largest absolute Gasteiger partial charge is 0.382 e. The Morgan fingerprint density at radius 3 is 2.56 bits per heavy atom. The summed E-state index contributed by atoms with van der Waals surface area (Å²) < 4.78 is 5.27. The third-order valence-corrected chi connectivity index (χ3v) is 4.92. The summed E-state index contributed by atoms with van der Waals surface area (Å²) in [6.45, 7) is 3.34. The maximum atomic E-state index is 12.4. The smallest absolute Gasteiger partial charge is 0.315 e. The van der Waals surface area contributed by atoms with E-state index in [4.69, 9.17) is 4.74 Å². The molecular formula is C21H28N4O2. The molecule has 0 saturated carbocycles. The molecule has 1 aromatic heterocycles. The highest BCUT2D eigenvalue weighted by Gasteiger charge is 2.22. The number of rotatable bonds is 7. The van der Waals surface area contributed by atoms with E-state index in [2.05, 4.69) is 32.7 Å². The number of ether oxygens (including phenoxy) is 1. The Balaban J connectivity index is 1.44. The van der Waals surface area contributed by atoms with E-state index in [9.17, 15) is 4.79 Å². The Labute approximate surface area is 160 Å². The van der Waals surface area contributed by atoms with Crippen LogP contribution in [0.15, 0.2) is 54.9 Å². The summed E-state index contributed by atoms with van der Waals surface area (Å²) in [5.41, 5.74) is 2.32. The lowest BCUT2D eigenvalue weighted by Gasteiger charge is -2.32. The Bertz CT molecular complexity index is 688. The predicted molar refractivity (Wildman–Crippen MR) is 105 cm³/mol. The van der Waals surface area contributed by atoms with Crippen molar-refractivity contribution in [1.82, 2.24) is 20.5 Å². The number of carbonyl (C=O) groups is 1. The highest BCUT2D eigenvalue weighted by Crippen LogP contribution is 2.15. The summed E-state index contributed by atoms with van der Waals surface area (Å²) in [4.78, 5) is 18.9. The van der Waals surface area contributed by atoms with Crippen LogP contribution in [0.1, 0.15) is 30.0 Å². The molecule has 1 aliphatic heterocycles. The zero-order chi connectivity index (χ0) is 18.9. The van der Waals surface area contributed by atoms with Gasteiger partial charge in [0.1, 0.15) is 0 Å². The molecule has 1 fully saturated rings. The second-order valence-electron chi connectivity index (χ2n) is 6.94. The summed E-state index contributed by atoms with van der Waals surface area (Å²) in [5, 5.41) is 6.16. The fourth-order valence-electron chi connectivity index (χ4n) is 3.44. The van der Waals surface area contributed by atoms with Crippen molar-refractivity contribution in [2.75, 3.05) is 26.8 Å². The minimum atomic E-state index is -0.150. The molecule has 1 aliphatic rings. The van der Waals surface area contributed by atoms with Gasteiger partial charge in [0.25, 0.3) is 0 Å². The number of aromatic nitrogens is 1. The summed E-state index contributed by atoms with van der Waals surface area (Å²) in [6.07, 6.45) is 5.58. The average Bonchev–Trinajstić information content (AvgIpc) is 2.71. The number of piperidine rings is 1. The molecule has 2 aromatic rings. The zero-order valence-corrected chi connectivity index (χ0v) is 15.8. The number of carbonyl (C=O) groups excluding carboxylic acids is 1. The zero-order valence-electron chi connectivity index (χ0n) is 15.8. The number of methoxy groups -OCH3 is 1. The van der Waals surface area contributed by atoms with Gasteiger partial charge in [-0.25, -0.2) is 4.79 Å². The first-order valence-corrected chi connectivity index (χ1v) is 9.47. The highest BCUT2D eigenvalue weighted by molar-refractivity contribution is 5.74. The lowest BCUT2D eigenvalue weighted by Crippen LogP contribution is -2.48. The van der Waals surface area contributed by atoms with Crippen molar-refractivity contribution in [2.45, 2.75) is 31.5 Å². The van der Waals surface area contributed by atoms with Gasteiger partial charge in [0.05, 0.1) is 12.6 Å². The molecule has 2 N–H and O–H groups in total. The Morgan fingerprint density at radius 2 is 1.89 bits per heavy atom. The van der Waals surface area contributed by atoms with Gasteiger partial charge in [-0.15, -0.1) is 0 Å². The molecule has 2 heterocycles. The van der Waals surface area contributed by atoms with Gasteiger partial charge in [0, 0.05) is 45.2 Å². The molecular weight excluding hydrogens is 340 g/mol. The highest BCUT2D eigenvalue weighted by atomic mass is 16.5. The topological polar surface area (TPSA) is 66.5 Å². The van der Waals surface area contributed by atoms with Crippen LogP contribution in [0, 0.1) is 0 Å². The minimum absolute atomic E-state index is 0.131. The van der Waals surface area contributed by atoms with Gasteiger partial charge in [0.2, 0.25) is 0 Å². The van der Waals surface area contributed by atoms with Crippen molar-refractivity contribution >= 4 is 6.03 Å². The first-order chi connectivity index (χ1) is 13.2. The van der Waals surface area contributed by atoms with E-state index >= 15 is 0 Å². The number of nitrogens with zero attached hydrogens (tertiary/aromatic N) is 2. The van der Waals surface area contributed by atoms with Crippen LogP contribution < -0.4 is 10.6 Å². The Kier molecular flexibility index (Phi) is 7.19. The molecule has 1 unspecified atom stereocenters. The van der Waals surface area contributed by atoms with Crippen molar-refractivity contribution in [2.24, 2.45) is 0 Å². The van der Waals surface area contributed by atoms with Crippen LogP contribution in [0.4, 0.5) is 4.79 Å². The maximum absolute atomic E-state index is 12.4. The van der Waals surface area contributed by atoms with Crippen molar-refractivity contribution in [3.63, 3.8) is 0 Å². The third kappa shape index (κ3) is 6.05. The SMILES string of the molecule is COCC(NC(=O)NC1CCN(Cc2ccncc2)CC1)c1ccccc1. The van der Waals surface area contributed by atoms with E-state index in [0.29, 0.717) is 6.61 Å². The molecule has 27 heavy (non-hydrogen) atoms. The van der Waals surface area contributed by atoms with Crippen LogP contribution in [0.3, 0.4) is 0 Å². The maximum Gasteiger partial charge on any atom is 0.315 e. The molecule has 6 nitrogen and oxygen atoms in total. The molecule has 3 rings (SSSR count). The number of benzene rings is 1. The van der Waals surface area contributed by atoms with E-state index in [1.54, 1.807) is 7.11 Å². The first kappa shape index (κ1) is 19.3. The molecule has 1 aromatic carbocycles. The lowest BCUT2D eigenvalue weighted by molar-refractivity contribution is 0.161. The molecule has 0 bridgehead atoms. The van der Waals surface area contributed by atoms with Crippen LogP contribution in [-0.2, 0) is 11.3 Å². The number of pyridine rings is 1. The van der Waals surface area contributed by atoms with E-state index < -0.39 is 0 Å². The lowest BCUT2D eigenvalue weighted by atomic mass is 10.0. The molecule has 144 valence electrons. The van der Waals surface area contributed by atoms with E-state index in [1.165, 1.54) is 5.56 Å². The molecule has 0 aliphatic carbocycles. The van der Waals surface area contributed by atoms with Crippen molar-refractivity contribution in [3.8, 4) is 0 Å². The summed E-state index contributed by atoms with van der Waals surface area (Å²) in [7, 11) is 1.65. The van der Waals surface area contributed by atoms with Gasteiger partial charge in [-0.05, 0) is 36.1 Å². The summed E-state index contributed by atoms with van der Waals surface area (Å²) in [6, 6.07) is 13.9. The fourth-order valence-corrected chi connectivity index (χ4v) is 3.44. The number of nitrogens with one attached hydrogen (secondary N) is 2. The van der Waals surface area contributed by atoms with Gasteiger partial charge in [-0.3, -0.25) is 9.88 Å². The number of urea groups is 1. The molecule has 0 spiro atoms. The second kappa shape index (κ2) is 10.0. The third-order valence-electron chi connectivity index (χ3n) is 4.92. The van der Waals surface area contributed by atoms with Gasteiger partial charge in [-0.1, -0.05) is 30.3 Å². The van der Waals surface area contributed by atoms with Gasteiger partial charge >= 0.3 is 6.03 Å². The number of amides is 2. The van der Waals surface area contributed by atoms with Crippen molar-refractivity contribution in [1.29, 1.82) is 0 Å². The number of hydrogen-bond acceptors (Lipinski definition) is 4. The van der Waals surface area contributed by atoms with Gasteiger partial charge < -0.3 is 15.4 Å². The quantitative estimate of drug-likeness (QED) is 0.789. The van der Waals surface area contributed by atoms with Crippen LogP contribution >= 0.6 is 0 Å². The molecule has 6 heteroatoms. The predicted octanol–water partition coefficient (Wildman–Crippen LogP) is 2.73. The number of hydrogen-bond donors (Lipinski definition) is 2. The van der Waals surface area contributed by atoms with E-state index in [-0.39, 0.29) is 18.1 Å². The fraction of sp³-hybridized carbons (Fsp3) is 0.429. The Morgan fingerprint density at radius 1 is 1.19 bits per heavy atom. The van der Waals surface area contributed by atoms with Crippen LogP contribution in [-0.4, -0.2) is 48.8 Å². The van der Waals surface area contributed by atoms with Crippen LogP contribution in [0.5, 0.6) is 0 Å². The van der Waals surface area contributed by atoms with Gasteiger partial charge in [0.15, 0.2) is 0 Å². The molecule has 1 atom stereocenters. The minimum Gasteiger partial charge on any atom is -0.382 e. The summed E-state index contributed by atoms with van der Waals surface area (Å²) >= 11 is 0. The average molecular weight is 368 g/mol. The van der Waals surface area contributed by atoms with Crippen LogP contribution in [0.2, 0.25) is 0 Å². The first-order valence-electron chi connectivity index (χ1n) is 9.47. The normalized spacial score (nSPS) is 16.6. The molecule has 1 saturated heterocycles. The molecule has 0 radical (unpaired) electrons.